The number of pyridine rings is 1. The van der Waals surface area contributed by atoms with Gasteiger partial charge in [0.2, 0.25) is 6.08 Å². The molecule has 0 saturated carbocycles. The molecule has 0 amide bonds. The molecule has 1 rings (SSSR count). The van der Waals surface area contributed by atoms with Crippen molar-refractivity contribution < 1.29 is 4.79 Å². The summed E-state index contributed by atoms with van der Waals surface area (Å²) >= 11 is 5.70. The summed E-state index contributed by atoms with van der Waals surface area (Å²) in [5.41, 5.74) is -0.00419. The number of aliphatic imine (C=N–C) groups is 1. The van der Waals surface area contributed by atoms with Crippen LogP contribution in [0.2, 0.25) is 5.15 Å². The first-order chi connectivity index (χ1) is 6.06. The van der Waals surface area contributed by atoms with E-state index in [-0.39, 0.29) is 0 Å². The van der Waals surface area contributed by atoms with Gasteiger partial charge >= 0.3 is 0 Å². The summed E-state index contributed by atoms with van der Waals surface area (Å²) in [6.45, 7) is 3.55. The number of hydrogen-bond donors (Lipinski definition) is 0. The number of nitrogens with zero attached hydrogens (tertiary/aromatic N) is 2. The minimum atomic E-state index is -0.660. The molecule has 0 saturated heterocycles. The van der Waals surface area contributed by atoms with E-state index >= 15 is 0 Å². The summed E-state index contributed by atoms with van der Waals surface area (Å²) < 4.78 is 0. The second-order valence-corrected chi connectivity index (χ2v) is 3.49. The van der Waals surface area contributed by atoms with Crippen LogP contribution < -0.4 is 0 Å². The standard InChI is InChI=1S/C9H9ClN2O/c1-9(2,11-6-13)7-4-3-5-8(10)12-7/h3-5H,1-2H3. The molecule has 3 nitrogen and oxygen atoms in total. The molecule has 0 bridgehead atoms. The van der Waals surface area contributed by atoms with Crippen LogP contribution in [0.4, 0.5) is 0 Å². The highest BCUT2D eigenvalue weighted by Gasteiger charge is 2.20. The van der Waals surface area contributed by atoms with Crippen LogP contribution in [0.1, 0.15) is 19.5 Å². The van der Waals surface area contributed by atoms with Crippen LogP contribution >= 0.6 is 11.6 Å². The van der Waals surface area contributed by atoms with Gasteiger partial charge in [0.15, 0.2) is 0 Å². The lowest BCUT2D eigenvalue weighted by atomic mass is 10.0. The Labute approximate surface area is 81.5 Å². The van der Waals surface area contributed by atoms with Gasteiger partial charge in [0.1, 0.15) is 10.7 Å². The summed E-state index contributed by atoms with van der Waals surface area (Å²) in [4.78, 5) is 17.8. The van der Waals surface area contributed by atoms with Crippen molar-refractivity contribution in [2.24, 2.45) is 4.99 Å². The van der Waals surface area contributed by atoms with Gasteiger partial charge in [0.05, 0.1) is 5.69 Å². The Kier molecular flexibility index (Phi) is 2.81. The second-order valence-electron chi connectivity index (χ2n) is 3.11. The van der Waals surface area contributed by atoms with E-state index in [0.29, 0.717) is 10.8 Å². The molecule has 0 unspecified atom stereocenters. The largest absolute Gasteiger partial charge is 0.239 e. The molecular weight excluding hydrogens is 188 g/mol. The molecule has 0 aromatic carbocycles. The first-order valence-electron chi connectivity index (χ1n) is 3.78. The Balaban J connectivity index is 3.13. The molecule has 0 aliphatic carbocycles. The Morgan fingerprint density at radius 2 is 2.23 bits per heavy atom. The third-order valence-electron chi connectivity index (χ3n) is 1.67. The van der Waals surface area contributed by atoms with E-state index in [1.165, 1.54) is 6.08 Å². The summed E-state index contributed by atoms with van der Waals surface area (Å²) in [6.07, 6.45) is 1.52. The molecule has 0 aliphatic heterocycles. The molecular formula is C9H9ClN2O. The van der Waals surface area contributed by atoms with Crippen molar-refractivity contribution in [2.75, 3.05) is 0 Å². The molecule has 1 aromatic heterocycles. The second kappa shape index (κ2) is 3.69. The quantitative estimate of drug-likeness (QED) is 0.414. The summed E-state index contributed by atoms with van der Waals surface area (Å²) in [5.74, 6) is 0. The molecule has 0 atom stereocenters. The van der Waals surface area contributed by atoms with E-state index < -0.39 is 5.54 Å². The molecule has 0 radical (unpaired) electrons. The maximum absolute atomic E-state index is 10.1. The van der Waals surface area contributed by atoms with Gasteiger partial charge < -0.3 is 0 Å². The normalized spacial score (nSPS) is 10.7. The van der Waals surface area contributed by atoms with E-state index in [1.807, 2.05) is 0 Å². The van der Waals surface area contributed by atoms with E-state index in [1.54, 1.807) is 32.0 Å². The van der Waals surface area contributed by atoms with E-state index in [0.717, 1.165) is 0 Å². The van der Waals surface area contributed by atoms with Crippen LogP contribution in [0, 0.1) is 0 Å². The van der Waals surface area contributed by atoms with Crippen LogP contribution in [-0.4, -0.2) is 11.1 Å². The van der Waals surface area contributed by atoms with Gasteiger partial charge in [-0.05, 0) is 26.0 Å². The zero-order chi connectivity index (χ0) is 9.90. The minimum Gasteiger partial charge on any atom is -0.239 e. The van der Waals surface area contributed by atoms with E-state index in [2.05, 4.69) is 9.98 Å². The number of isocyanates is 1. The van der Waals surface area contributed by atoms with E-state index in [9.17, 15) is 4.79 Å². The van der Waals surface area contributed by atoms with Crippen molar-refractivity contribution in [1.29, 1.82) is 0 Å². The molecule has 4 heteroatoms. The highest BCUT2D eigenvalue weighted by atomic mass is 35.5. The van der Waals surface area contributed by atoms with Gasteiger partial charge in [-0.1, -0.05) is 17.7 Å². The molecule has 1 aromatic rings. The minimum absolute atomic E-state index is 0.395. The fraction of sp³-hybridized carbons (Fsp3) is 0.333. The summed E-state index contributed by atoms with van der Waals surface area (Å²) in [5, 5.41) is 0.395. The average Bonchev–Trinajstić information content (AvgIpc) is 2.04. The van der Waals surface area contributed by atoms with Crippen molar-refractivity contribution in [3.05, 3.63) is 29.0 Å². The van der Waals surface area contributed by atoms with Crippen molar-refractivity contribution in [1.82, 2.24) is 4.98 Å². The third-order valence-corrected chi connectivity index (χ3v) is 1.88. The summed E-state index contributed by atoms with van der Waals surface area (Å²) in [7, 11) is 0. The van der Waals surface area contributed by atoms with Crippen molar-refractivity contribution in [3.63, 3.8) is 0 Å². The van der Waals surface area contributed by atoms with Crippen LogP contribution in [0.5, 0.6) is 0 Å². The Hall–Kier alpha value is -1.18. The van der Waals surface area contributed by atoms with Gasteiger partial charge in [0, 0.05) is 0 Å². The summed E-state index contributed by atoms with van der Waals surface area (Å²) in [6, 6.07) is 5.21. The molecule has 0 N–H and O–H groups in total. The van der Waals surface area contributed by atoms with Gasteiger partial charge in [-0.25, -0.2) is 9.78 Å². The first-order valence-corrected chi connectivity index (χ1v) is 4.16. The molecule has 68 valence electrons. The molecule has 0 fully saturated rings. The lowest BCUT2D eigenvalue weighted by molar-refractivity contribution is 0.512. The van der Waals surface area contributed by atoms with Gasteiger partial charge in [-0.15, -0.1) is 0 Å². The SMILES string of the molecule is CC(C)(N=C=O)c1cccc(Cl)n1. The predicted molar refractivity (Wildman–Crippen MR) is 50.4 cm³/mol. The lowest BCUT2D eigenvalue weighted by Gasteiger charge is -2.16. The molecule has 0 aliphatic rings. The highest BCUT2D eigenvalue weighted by Crippen LogP contribution is 2.22. The van der Waals surface area contributed by atoms with E-state index in [4.69, 9.17) is 11.6 Å². The Morgan fingerprint density at radius 1 is 1.54 bits per heavy atom. The highest BCUT2D eigenvalue weighted by molar-refractivity contribution is 6.29. The van der Waals surface area contributed by atoms with Crippen LogP contribution in [0.15, 0.2) is 23.2 Å². The third kappa shape index (κ3) is 2.38. The van der Waals surface area contributed by atoms with Crippen molar-refractivity contribution in [3.8, 4) is 0 Å². The maximum atomic E-state index is 10.1. The molecule has 1 heterocycles. The zero-order valence-corrected chi connectivity index (χ0v) is 8.17. The monoisotopic (exact) mass is 196 g/mol. The maximum Gasteiger partial charge on any atom is 0.235 e. The van der Waals surface area contributed by atoms with Crippen molar-refractivity contribution >= 4 is 17.7 Å². The Morgan fingerprint density at radius 3 is 2.77 bits per heavy atom. The van der Waals surface area contributed by atoms with Crippen LogP contribution in [0.3, 0.4) is 0 Å². The molecule has 0 spiro atoms. The predicted octanol–water partition coefficient (Wildman–Crippen LogP) is 2.31. The topological polar surface area (TPSA) is 42.3 Å². The van der Waals surface area contributed by atoms with Crippen molar-refractivity contribution in [2.45, 2.75) is 19.4 Å². The smallest absolute Gasteiger partial charge is 0.235 e. The Bertz CT molecular complexity index is 356. The fourth-order valence-electron chi connectivity index (χ4n) is 0.920. The van der Waals surface area contributed by atoms with Crippen LogP contribution in [-0.2, 0) is 10.3 Å². The lowest BCUT2D eigenvalue weighted by Crippen LogP contribution is -2.15. The number of hydrogen-bond acceptors (Lipinski definition) is 3. The average molecular weight is 197 g/mol. The van der Waals surface area contributed by atoms with Gasteiger partial charge in [-0.3, -0.25) is 0 Å². The molecule has 13 heavy (non-hydrogen) atoms. The van der Waals surface area contributed by atoms with Crippen LogP contribution in [0.25, 0.3) is 0 Å². The number of rotatable bonds is 2. The van der Waals surface area contributed by atoms with Gasteiger partial charge in [-0.2, -0.15) is 4.99 Å². The first kappa shape index (κ1) is 9.90. The fourth-order valence-corrected chi connectivity index (χ4v) is 1.08. The zero-order valence-electron chi connectivity index (χ0n) is 7.41. The van der Waals surface area contributed by atoms with Gasteiger partial charge in [0.25, 0.3) is 0 Å². The number of halogens is 1. The number of aromatic nitrogens is 1. The number of carbonyl (C=O) groups excluding carboxylic acids is 1.